The fourth-order valence-electron chi connectivity index (χ4n) is 6.05. The predicted octanol–water partition coefficient (Wildman–Crippen LogP) is 2.13. The molecule has 0 saturated carbocycles. The lowest BCUT2D eigenvalue weighted by Crippen LogP contribution is -2.48. The molecule has 0 bridgehead atoms. The number of hydrogen-bond donors (Lipinski definition) is 6. The molecule has 1 fully saturated rings. The van der Waals surface area contributed by atoms with Crippen molar-refractivity contribution in [3.05, 3.63) is 47.2 Å². The Balaban J connectivity index is 1.17. The number of aliphatic carboxylic acids is 2. The molecule has 4 rings (SSSR count). The molecule has 1 aliphatic rings. The molecule has 0 aliphatic carbocycles. The van der Waals surface area contributed by atoms with Gasteiger partial charge >= 0.3 is 11.9 Å². The van der Waals surface area contributed by atoms with Crippen molar-refractivity contribution in [1.82, 2.24) is 29.7 Å². The lowest BCUT2D eigenvalue weighted by molar-refractivity contribution is -0.138. The van der Waals surface area contributed by atoms with Gasteiger partial charge in [0.25, 0.3) is 0 Å². The van der Waals surface area contributed by atoms with Gasteiger partial charge in [-0.2, -0.15) is 4.98 Å². The second-order valence-corrected chi connectivity index (χ2v) is 14.4. The van der Waals surface area contributed by atoms with Gasteiger partial charge in [-0.1, -0.05) is 38.0 Å². The molecule has 290 valence electrons. The number of carboxylic acid groups (broad SMARTS) is 2. The quantitative estimate of drug-likeness (QED) is 0.0808. The van der Waals surface area contributed by atoms with Gasteiger partial charge in [-0.15, -0.1) is 11.8 Å². The van der Waals surface area contributed by atoms with Crippen molar-refractivity contribution >= 4 is 58.3 Å². The van der Waals surface area contributed by atoms with Gasteiger partial charge in [0.1, 0.15) is 11.6 Å². The first-order valence-electron chi connectivity index (χ1n) is 18.1. The van der Waals surface area contributed by atoms with Crippen molar-refractivity contribution in [3.63, 3.8) is 0 Å². The van der Waals surface area contributed by atoms with E-state index in [-0.39, 0.29) is 43.8 Å². The minimum atomic E-state index is -1.23. The van der Waals surface area contributed by atoms with Crippen LogP contribution in [-0.2, 0) is 37.0 Å². The summed E-state index contributed by atoms with van der Waals surface area (Å²) in [5.41, 5.74) is 16.9. The molecule has 53 heavy (non-hydrogen) atoms. The highest BCUT2D eigenvalue weighted by Gasteiger charge is 2.25. The van der Waals surface area contributed by atoms with Crippen LogP contribution in [0.15, 0.2) is 30.5 Å². The Bertz CT molecular complexity index is 1700. The lowest BCUT2D eigenvalue weighted by Gasteiger charge is -2.35. The molecule has 2 amide bonds. The Morgan fingerprint density at radius 1 is 1.02 bits per heavy atom. The van der Waals surface area contributed by atoms with Crippen LogP contribution in [0.4, 0.5) is 11.8 Å². The summed E-state index contributed by atoms with van der Waals surface area (Å²) in [4.78, 5) is 60.4. The normalized spacial score (nSPS) is 14.6. The highest BCUT2D eigenvalue weighted by molar-refractivity contribution is 8.00. The summed E-state index contributed by atoms with van der Waals surface area (Å²) >= 11 is 0.885. The number of fused-ring (bicyclic) bond motifs is 1. The zero-order chi connectivity index (χ0) is 38.3. The number of anilines is 2. The standard InChI is InChI=1S/C36H53N9O7S/c1-3-4-5-10-39-33-32-28(41-36(38)42-33)8-12-45(32)22-26-7-6-25(19-24(26)2)21-43-13-15-44(16-14-43)30(46)9-17-52-18-11-40-34(49)29(20-31(47)48)53-23-27(37)35(50)51/h6-8,12,19,27,29H,3-5,9-11,13-18,20-23,37H2,1-2H3,(H,40,49)(H,47,48)(H,50,51)(H3,38,39,41,42)/t27-,29+/m0/s1. The van der Waals surface area contributed by atoms with Gasteiger partial charge in [-0.25, -0.2) is 4.98 Å². The third kappa shape index (κ3) is 12.9. The summed E-state index contributed by atoms with van der Waals surface area (Å²) < 4.78 is 7.71. The van der Waals surface area contributed by atoms with Crippen LogP contribution in [0.25, 0.3) is 11.0 Å². The fourth-order valence-corrected chi connectivity index (χ4v) is 7.13. The predicted molar refractivity (Wildman–Crippen MR) is 205 cm³/mol. The van der Waals surface area contributed by atoms with E-state index < -0.39 is 35.6 Å². The molecule has 2 atom stereocenters. The van der Waals surface area contributed by atoms with Gasteiger partial charge < -0.3 is 46.5 Å². The lowest BCUT2D eigenvalue weighted by atomic mass is 10.0. The minimum absolute atomic E-state index is 0.00603. The molecule has 2 aromatic heterocycles. The van der Waals surface area contributed by atoms with Crippen LogP contribution < -0.4 is 22.1 Å². The van der Waals surface area contributed by atoms with Crippen LogP contribution in [0, 0.1) is 6.92 Å². The molecule has 0 unspecified atom stereocenters. The largest absolute Gasteiger partial charge is 0.481 e. The summed E-state index contributed by atoms with van der Waals surface area (Å²) in [5, 5.41) is 23.1. The van der Waals surface area contributed by atoms with Crippen LogP contribution in [0.5, 0.6) is 0 Å². The first kappa shape index (κ1) is 41.3. The second-order valence-electron chi connectivity index (χ2n) is 13.2. The van der Waals surface area contributed by atoms with Gasteiger partial charge in [-0.3, -0.25) is 24.1 Å². The van der Waals surface area contributed by atoms with Crippen molar-refractivity contribution < 1.29 is 34.1 Å². The van der Waals surface area contributed by atoms with E-state index in [1.54, 1.807) is 0 Å². The van der Waals surface area contributed by atoms with Crippen molar-refractivity contribution in [2.75, 3.05) is 69.3 Å². The molecule has 3 aromatic rings. The number of carboxylic acids is 2. The Hall–Kier alpha value is -4.45. The maximum atomic E-state index is 12.8. The summed E-state index contributed by atoms with van der Waals surface area (Å²) in [6, 6.07) is 7.36. The van der Waals surface area contributed by atoms with Crippen LogP contribution in [0.2, 0.25) is 0 Å². The molecule has 17 heteroatoms. The molecular weight excluding hydrogens is 703 g/mol. The van der Waals surface area contributed by atoms with E-state index in [0.717, 1.165) is 74.1 Å². The number of nitrogens with one attached hydrogen (secondary N) is 2. The number of rotatable bonds is 22. The maximum Gasteiger partial charge on any atom is 0.321 e. The number of benzene rings is 1. The molecule has 16 nitrogen and oxygen atoms in total. The van der Waals surface area contributed by atoms with Gasteiger partial charge in [0.15, 0.2) is 5.82 Å². The summed E-state index contributed by atoms with van der Waals surface area (Å²) in [5.74, 6) is -2.01. The van der Waals surface area contributed by atoms with Crippen LogP contribution in [0.3, 0.4) is 0 Å². The van der Waals surface area contributed by atoms with E-state index in [1.807, 2.05) is 17.2 Å². The number of nitrogens with zero attached hydrogens (tertiary/aromatic N) is 5. The zero-order valence-electron chi connectivity index (χ0n) is 30.6. The number of carbonyl (C=O) groups excluding carboxylic acids is 2. The average Bonchev–Trinajstić information content (AvgIpc) is 3.52. The second kappa shape index (κ2) is 20.7. The smallest absolute Gasteiger partial charge is 0.321 e. The Labute approximate surface area is 314 Å². The number of carbonyl (C=O) groups is 4. The van der Waals surface area contributed by atoms with Crippen molar-refractivity contribution in [3.8, 4) is 0 Å². The first-order chi connectivity index (χ1) is 25.4. The minimum Gasteiger partial charge on any atom is -0.481 e. The number of thioether (sulfide) groups is 1. The van der Waals surface area contributed by atoms with Gasteiger partial charge in [0, 0.05) is 64.3 Å². The number of nitrogen functional groups attached to an aromatic ring is 1. The molecule has 3 heterocycles. The monoisotopic (exact) mass is 755 g/mol. The van der Waals surface area contributed by atoms with Crippen LogP contribution in [0.1, 0.15) is 55.7 Å². The van der Waals surface area contributed by atoms with E-state index in [9.17, 15) is 19.2 Å². The Morgan fingerprint density at radius 3 is 2.49 bits per heavy atom. The number of amides is 2. The summed E-state index contributed by atoms with van der Waals surface area (Å²) in [7, 11) is 0. The SMILES string of the molecule is CCCCCNc1nc(N)nc2ccn(Cc3ccc(CN4CCN(C(=O)CCOCCNC(=O)[C@@H](CC(=O)O)SC[C@H](N)C(=O)O)CC4)cc3C)c12. The topological polar surface area (TPSA) is 231 Å². The molecule has 1 aromatic carbocycles. The van der Waals surface area contributed by atoms with Crippen LogP contribution >= 0.6 is 11.8 Å². The van der Waals surface area contributed by atoms with Crippen molar-refractivity contribution in [1.29, 1.82) is 0 Å². The van der Waals surface area contributed by atoms with E-state index >= 15 is 0 Å². The maximum absolute atomic E-state index is 12.8. The molecular formula is C36H53N9O7S. The van der Waals surface area contributed by atoms with E-state index in [1.165, 1.54) is 16.7 Å². The summed E-state index contributed by atoms with van der Waals surface area (Å²) in [6.07, 6.45) is 5.14. The number of aromatic nitrogens is 3. The fraction of sp³-hybridized carbons (Fsp3) is 0.556. The number of hydrogen-bond acceptors (Lipinski definition) is 12. The van der Waals surface area contributed by atoms with Gasteiger partial charge in [0.05, 0.1) is 36.8 Å². The highest BCUT2D eigenvalue weighted by Crippen LogP contribution is 2.25. The highest BCUT2D eigenvalue weighted by atomic mass is 32.2. The molecule has 0 radical (unpaired) electrons. The van der Waals surface area contributed by atoms with E-state index in [2.05, 4.69) is 62.1 Å². The molecule has 1 saturated heterocycles. The van der Waals surface area contributed by atoms with Crippen molar-refractivity contribution in [2.24, 2.45) is 5.73 Å². The van der Waals surface area contributed by atoms with Gasteiger partial charge in [-0.05, 0) is 36.1 Å². The van der Waals surface area contributed by atoms with E-state index in [0.29, 0.717) is 19.6 Å². The summed E-state index contributed by atoms with van der Waals surface area (Å²) in [6.45, 7) is 9.86. The average molecular weight is 756 g/mol. The van der Waals surface area contributed by atoms with Crippen LogP contribution in [-0.4, -0.2) is 128 Å². The molecule has 1 aliphatic heterocycles. The zero-order valence-corrected chi connectivity index (χ0v) is 31.4. The number of aryl methyl sites for hydroxylation is 1. The molecule has 0 spiro atoms. The number of unbranched alkanes of at least 4 members (excludes halogenated alkanes) is 2. The van der Waals surface area contributed by atoms with E-state index in [4.69, 9.17) is 26.4 Å². The Morgan fingerprint density at radius 2 is 1.79 bits per heavy atom. The third-order valence-corrected chi connectivity index (χ3v) is 10.4. The molecule has 8 N–H and O–H groups in total. The number of piperazine rings is 1. The Kier molecular flexibility index (Phi) is 16.1. The third-order valence-electron chi connectivity index (χ3n) is 9.03. The first-order valence-corrected chi connectivity index (χ1v) is 19.1. The van der Waals surface area contributed by atoms with Crippen molar-refractivity contribution in [2.45, 2.75) is 70.3 Å². The van der Waals surface area contributed by atoms with Gasteiger partial charge in [0.2, 0.25) is 17.8 Å². The number of ether oxygens (including phenoxy) is 1. The number of nitrogens with two attached hydrogens (primary N) is 2.